The van der Waals surface area contributed by atoms with E-state index in [4.69, 9.17) is 15.6 Å². The smallest absolute Gasteiger partial charge is 0.164 e. The molecule has 0 atom stereocenters. The molecule has 0 radical (unpaired) electrons. The number of nitrogens with zero attached hydrogens (tertiary/aromatic N) is 4. The number of ether oxygens (including phenoxy) is 1. The van der Waals surface area contributed by atoms with Crippen molar-refractivity contribution in [1.82, 2.24) is 19.7 Å². The molecule has 1 fully saturated rings. The summed E-state index contributed by atoms with van der Waals surface area (Å²) in [6.45, 7) is 2.21. The van der Waals surface area contributed by atoms with Gasteiger partial charge in [-0.3, -0.25) is 0 Å². The summed E-state index contributed by atoms with van der Waals surface area (Å²) in [5, 5.41) is 5.29. The summed E-state index contributed by atoms with van der Waals surface area (Å²) in [7, 11) is 0. The zero-order valence-electron chi connectivity index (χ0n) is 15.9. The Morgan fingerprint density at radius 1 is 1.07 bits per heavy atom. The fraction of sp³-hybridized carbons (Fsp3) is 0.227. The molecule has 0 saturated heterocycles. The first-order chi connectivity index (χ1) is 14.1. The van der Waals surface area contributed by atoms with E-state index in [9.17, 15) is 0 Å². The van der Waals surface area contributed by atoms with Crippen molar-refractivity contribution in [2.24, 2.45) is 5.92 Å². The van der Waals surface area contributed by atoms with E-state index < -0.39 is 5.82 Å². The van der Waals surface area contributed by atoms with Gasteiger partial charge >= 0.3 is 0 Å². The van der Waals surface area contributed by atoms with Crippen LogP contribution in [0.1, 0.15) is 25.8 Å². The van der Waals surface area contributed by atoms with Crippen LogP contribution in [-0.2, 0) is 0 Å². The third-order valence-corrected chi connectivity index (χ3v) is 5.39. The average Bonchev–Trinajstić information content (AvgIpc) is 3.07. The Hall–Kier alpha value is -3.48. The lowest BCUT2D eigenvalue weighted by Gasteiger charge is -2.32. The van der Waals surface area contributed by atoms with Gasteiger partial charge in [0.1, 0.15) is 35.2 Å². The standard InChI is InChI=1S/C22H20FN5O/c1-13-9-14(10-13)28-22-19(21(24)25-12-26-22)20(27-28)17-8-7-16(11-18(17)23)29-15-5-3-2-4-6-15/h2-8,11-14H,9-10H2,1H3,(H2,24,25,26). The van der Waals surface area contributed by atoms with Gasteiger partial charge in [-0.05, 0) is 43.0 Å². The zero-order chi connectivity index (χ0) is 20.0. The maximum Gasteiger partial charge on any atom is 0.164 e. The molecule has 2 heterocycles. The molecule has 0 amide bonds. The molecule has 146 valence electrons. The molecule has 7 heteroatoms. The number of para-hydroxylation sites is 1. The number of rotatable bonds is 4. The molecule has 2 aromatic heterocycles. The molecule has 0 unspecified atom stereocenters. The van der Waals surface area contributed by atoms with Crippen molar-refractivity contribution in [1.29, 1.82) is 0 Å². The van der Waals surface area contributed by atoms with Crippen molar-refractivity contribution in [3.63, 3.8) is 0 Å². The Bertz CT molecular complexity index is 1180. The molecule has 1 saturated carbocycles. The first kappa shape index (κ1) is 17.6. The van der Waals surface area contributed by atoms with Crippen LogP contribution in [0.15, 0.2) is 54.9 Å². The number of nitrogens with two attached hydrogens (primary N) is 1. The van der Waals surface area contributed by atoms with Crippen molar-refractivity contribution in [3.8, 4) is 22.8 Å². The van der Waals surface area contributed by atoms with Crippen LogP contribution < -0.4 is 10.5 Å². The fourth-order valence-electron chi connectivity index (χ4n) is 3.87. The first-order valence-electron chi connectivity index (χ1n) is 9.61. The van der Waals surface area contributed by atoms with Gasteiger partial charge in [-0.25, -0.2) is 19.0 Å². The number of nitrogen functional groups attached to an aromatic ring is 1. The summed E-state index contributed by atoms with van der Waals surface area (Å²) in [5.41, 5.74) is 7.58. The summed E-state index contributed by atoms with van der Waals surface area (Å²) in [6.07, 6.45) is 3.47. The molecule has 0 spiro atoms. The first-order valence-corrected chi connectivity index (χ1v) is 9.61. The van der Waals surface area contributed by atoms with Crippen LogP contribution in [0.2, 0.25) is 0 Å². The highest BCUT2D eigenvalue weighted by molar-refractivity contribution is 5.98. The minimum absolute atomic E-state index is 0.249. The lowest BCUT2D eigenvalue weighted by Crippen LogP contribution is -2.25. The van der Waals surface area contributed by atoms with Gasteiger partial charge in [-0.1, -0.05) is 25.1 Å². The van der Waals surface area contributed by atoms with Gasteiger partial charge in [-0.2, -0.15) is 5.10 Å². The number of benzene rings is 2. The average molecular weight is 389 g/mol. The van der Waals surface area contributed by atoms with Crippen molar-refractivity contribution >= 4 is 16.9 Å². The van der Waals surface area contributed by atoms with E-state index in [0.29, 0.717) is 45.5 Å². The highest BCUT2D eigenvalue weighted by atomic mass is 19.1. The van der Waals surface area contributed by atoms with E-state index in [0.717, 1.165) is 12.8 Å². The summed E-state index contributed by atoms with van der Waals surface area (Å²) in [6, 6.07) is 14.3. The predicted molar refractivity (Wildman–Crippen MR) is 109 cm³/mol. The molecule has 0 aliphatic heterocycles. The van der Waals surface area contributed by atoms with Crippen molar-refractivity contribution in [3.05, 3.63) is 60.7 Å². The Morgan fingerprint density at radius 3 is 2.59 bits per heavy atom. The summed E-state index contributed by atoms with van der Waals surface area (Å²) < 4.78 is 22.7. The molecule has 1 aliphatic carbocycles. The minimum Gasteiger partial charge on any atom is -0.457 e. The van der Waals surface area contributed by atoms with E-state index >= 15 is 4.39 Å². The van der Waals surface area contributed by atoms with E-state index in [1.807, 2.05) is 35.0 Å². The summed E-state index contributed by atoms with van der Waals surface area (Å²) in [4.78, 5) is 8.48. The number of hydrogen-bond acceptors (Lipinski definition) is 5. The molecule has 6 nitrogen and oxygen atoms in total. The Kier molecular flexibility index (Phi) is 4.16. The van der Waals surface area contributed by atoms with E-state index in [1.54, 1.807) is 12.1 Å². The summed E-state index contributed by atoms with van der Waals surface area (Å²) in [5.74, 6) is 1.57. The van der Waals surface area contributed by atoms with Gasteiger partial charge in [0.05, 0.1) is 11.4 Å². The van der Waals surface area contributed by atoms with Crippen molar-refractivity contribution in [2.45, 2.75) is 25.8 Å². The third kappa shape index (κ3) is 3.08. The highest BCUT2D eigenvalue weighted by Gasteiger charge is 2.31. The van der Waals surface area contributed by atoms with Crippen LogP contribution in [0.25, 0.3) is 22.3 Å². The SMILES string of the molecule is CC1CC(n2nc(-c3ccc(Oc4ccccc4)cc3F)c3c(N)ncnc32)C1. The second kappa shape index (κ2) is 6.84. The van der Waals surface area contributed by atoms with Gasteiger partial charge in [-0.15, -0.1) is 0 Å². The lowest BCUT2D eigenvalue weighted by molar-refractivity contribution is 0.205. The summed E-state index contributed by atoms with van der Waals surface area (Å²) >= 11 is 0. The zero-order valence-corrected chi connectivity index (χ0v) is 15.9. The van der Waals surface area contributed by atoms with Gasteiger partial charge in [0.25, 0.3) is 0 Å². The van der Waals surface area contributed by atoms with Gasteiger partial charge in [0.15, 0.2) is 5.65 Å². The van der Waals surface area contributed by atoms with Crippen molar-refractivity contribution in [2.75, 3.05) is 5.73 Å². The number of hydrogen-bond donors (Lipinski definition) is 1. The largest absolute Gasteiger partial charge is 0.457 e. The second-order valence-electron chi connectivity index (χ2n) is 7.54. The van der Waals surface area contributed by atoms with E-state index in [-0.39, 0.29) is 6.04 Å². The third-order valence-electron chi connectivity index (χ3n) is 5.39. The molecule has 0 bridgehead atoms. The molecule has 4 aromatic rings. The Labute approximate surface area is 167 Å². The van der Waals surface area contributed by atoms with Crippen LogP contribution in [0, 0.1) is 11.7 Å². The molecular formula is C22H20FN5O. The van der Waals surface area contributed by atoms with Crippen LogP contribution in [-0.4, -0.2) is 19.7 Å². The Morgan fingerprint density at radius 2 is 1.86 bits per heavy atom. The monoisotopic (exact) mass is 389 g/mol. The quantitative estimate of drug-likeness (QED) is 0.533. The maximum atomic E-state index is 15.1. The molecule has 1 aliphatic rings. The lowest BCUT2D eigenvalue weighted by atomic mass is 9.82. The second-order valence-corrected chi connectivity index (χ2v) is 7.54. The molecule has 29 heavy (non-hydrogen) atoms. The predicted octanol–water partition coefficient (Wildman–Crippen LogP) is 4.98. The molecule has 2 N–H and O–H groups in total. The van der Waals surface area contributed by atoms with Gasteiger partial charge in [0, 0.05) is 11.6 Å². The van der Waals surface area contributed by atoms with Gasteiger partial charge in [0.2, 0.25) is 0 Å². The molecular weight excluding hydrogens is 369 g/mol. The normalized spacial score (nSPS) is 18.6. The minimum atomic E-state index is -0.435. The van der Waals surface area contributed by atoms with Crippen LogP contribution in [0.4, 0.5) is 10.2 Å². The highest BCUT2D eigenvalue weighted by Crippen LogP contribution is 2.41. The fourth-order valence-corrected chi connectivity index (χ4v) is 3.87. The number of anilines is 1. The number of fused-ring (bicyclic) bond motifs is 1. The van der Waals surface area contributed by atoms with Crippen molar-refractivity contribution < 1.29 is 9.13 Å². The van der Waals surface area contributed by atoms with Gasteiger partial charge < -0.3 is 10.5 Å². The molecule has 5 rings (SSSR count). The topological polar surface area (TPSA) is 78.9 Å². The number of aromatic nitrogens is 4. The van der Waals surface area contributed by atoms with Crippen LogP contribution in [0.5, 0.6) is 11.5 Å². The van der Waals surface area contributed by atoms with Crippen LogP contribution >= 0.6 is 0 Å². The maximum absolute atomic E-state index is 15.1. The number of halogens is 1. The Balaban J connectivity index is 1.57. The molecule has 2 aromatic carbocycles. The van der Waals surface area contributed by atoms with E-state index in [1.165, 1.54) is 12.4 Å². The van der Waals surface area contributed by atoms with Crippen LogP contribution in [0.3, 0.4) is 0 Å². The van der Waals surface area contributed by atoms with E-state index in [2.05, 4.69) is 16.9 Å².